The van der Waals surface area contributed by atoms with Gasteiger partial charge >= 0.3 is 0 Å². The van der Waals surface area contributed by atoms with Crippen LogP contribution in [0.4, 0.5) is 0 Å². The standard InChI is InChI=1S/C17H25Cl2N3O2/c1-4-22(5-2)17(24)12-21(3)11-16(23)20-9-8-13-6-7-14(18)10-15(13)19/h6-7,10H,4-5,8-9,11-12H2,1-3H3,(H,20,23)/p+1. The van der Waals surface area contributed by atoms with E-state index in [1.165, 1.54) is 0 Å². The Labute approximate surface area is 153 Å². The Hall–Kier alpha value is -1.30. The van der Waals surface area contributed by atoms with Crippen molar-refractivity contribution in [3.05, 3.63) is 33.8 Å². The second kappa shape index (κ2) is 10.5. The third-order valence-corrected chi connectivity index (χ3v) is 4.35. The zero-order chi connectivity index (χ0) is 18.1. The van der Waals surface area contributed by atoms with Gasteiger partial charge in [-0.15, -0.1) is 0 Å². The van der Waals surface area contributed by atoms with Crippen molar-refractivity contribution in [1.82, 2.24) is 10.2 Å². The molecule has 0 aliphatic heterocycles. The molecular formula is C17H26Cl2N3O2+. The van der Waals surface area contributed by atoms with E-state index in [4.69, 9.17) is 23.2 Å². The number of halogens is 2. The molecule has 0 aliphatic rings. The van der Waals surface area contributed by atoms with Gasteiger partial charge in [0, 0.05) is 29.7 Å². The fourth-order valence-electron chi connectivity index (χ4n) is 2.41. The quantitative estimate of drug-likeness (QED) is 0.678. The van der Waals surface area contributed by atoms with E-state index in [-0.39, 0.29) is 18.4 Å². The third kappa shape index (κ3) is 7.07. The Balaban J connectivity index is 2.34. The number of rotatable bonds is 9. The Morgan fingerprint density at radius 2 is 1.83 bits per heavy atom. The molecule has 0 saturated heterocycles. The number of hydrogen-bond acceptors (Lipinski definition) is 2. The molecule has 0 bridgehead atoms. The Kier molecular flexibility index (Phi) is 9.11. The van der Waals surface area contributed by atoms with Crippen molar-refractivity contribution in [3.63, 3.8) is 0 Å². The molecule has 1 rings (SSSR count). The number of nitrogens with zero attached hydrogens (tertiary/aromatic N) is 1. The molecule has 0 saturated carbocycles. The number of hydrogen-bond donors (Lipinski definition) is 2. The van der Waals surface area contributed by atoms with E-state index in [0.29, 0.717) is 42.6 Å². The topological polar surface area (TPSA) is 53.9 Å². The van der Waals surface area contributed by atoms with Gasteiger partial charge in [0.25, 0.3) is 11.8 Å². The van der Waals surface area contributed by atoms with Gasteiger partial charge in [0.1, 0.15) is 0 Å². The van der Waals surface area contributed by atoms with Gasteiger partial charge in [-0.3, -0.25) is 9.59 Å². The van der Waals surface area contributed by atoms with Gasteiger partial charge in [-0.1, -0.05) is 29.3 Å². The van der Waals surface area contributed by atoms with Crippen molar-refractivity contribution in [2.45, 2.75) is 20.3 Å². The van der Waals surface area contributed by atoms with Crippen LogP contribution < -0.4 is 10.2 Å². The summed E-state index contributed by atoms with van der Waals surface area (Å²) in [4.78, 5) is 26.6. The maximum absolute atomic E-state index is 12.0. The van der Waals surface area contributed by atoms with Crippen molar-refractivity contribution in [3.8, 4) is 0 Å². The highest BCUT2D eigenvalue weighted by molar-refractivity contribution is 6.35. The van der Waals surface area contributed by atoms with Crippen LogP contribution in [0.2, 0.25) is 10.0 Å². The van der Waals surface area contributed by atoms with Crippen LogP contribution in [0, 0.1) is 0 Å². The number of amides is 2. The normalized spacial score (nSPS) is 11.9. The van der Waals surface area contributed by atoms with Crippen LogP contribution in [-0.2, 0) is 16.0 Å². The molecule has 1 aromatic rings. The number of quaternary nitrogens is 1. The van der Waals surface area contributed by atoms with E-state index >= 15 is 0 Å². The molecule has 2 N–H and O–H groups in total. The maximum Gasteiger partial charge on any atom is 0.277 e. The van der Waals surface area contributed by atoms with Gasteiger partial charge in [-0.25, -0.2) is 0 Å². The van der Waals surface area contributed by atoms with Crippen molar-refractivity contribution in [1.29, 1.82) is 0 Å². The molecule has 1 atom stereocenters. The highest BCUT2D eigenvalue weighted by atomic mass is 35.5. The summed E-state index contributed by atoms with van der Waals surface area (Å²) in [5, 5.41) is 4.05. The molecule has 2 amide bonds. The van der Waals surface area contributed by atoms with E-state index < -0.39 is 0 Å². The summed E-state index contributed by atoms with van der Waals surface area (Å²) in [6.07, 6.45) is 0.638. The number of benzene rings is 1. The molecule has 0 aromatic heterocycles. The average molecular weight is 375 g/mol. The van der Waals surface area contributed by atoms with E-state index in [2.05, 4.69) is 5.32 Å². The molecule has 5 nitrogen and oxygen atoms in total. The SMILES string of the molecule is CCN(CC)C(=O)C[NH+](C)CC(=O)NCCc1ccc(Cl)cc1Cl. The first-order valence-corrected chi connectivity index (χ1v) is 8.92. The monoisotopic (exact) mass is 374 g/mol. The average Bonchev–Trinajstić information content (AvgIpc) is 2.50. The number of carbonyl (C=O) groups is 2. The van der Waals surface area contributed by atoms with Crippen LogP contribution in [0.25, 0.3) is 0 Å². The largest absolute Gasteiger partial charge is 0.351 e. The lowest BCUT2D eigenvalue weighted by Crippen LogP contribution is -3.11. The second-order valence-electron chi connectivity index (χ2n) is 5.71. The molecule has 0 heterocycles. The molecule has 134 valence electrons. The zero-order valence-corrected chi connectivity index (χ0v) is 16.0. The molecule has 0 spiro atoms. The first-order valence-electron chi connectivity index (χ1n) is 8.17. The van der Waals surface area contributed by atoms with E-state index in [0.717, 1.165) is 10.5 Å². The smallest absolute Gasteiger partial charge is 0.277 e. The van der Waals surface area contributed by atoms with E-state index in [1.807, 2.05) is 27.0 Å². The summed E-state index contributed by atoms with van der Waals surface area (Å²) in [6, 6.07) is 5.33. The molecule has 0 aliphatic carbocycles. The summed E-state index contributed by atoms with van der Waals surface area (Å²) in [5.41, 5.74) is 0.943. The van der Waals surface area contributed by atoms with Crippen LogP contribution >= 0.6 is 23.2 Å². The third-order valence-electron chi connectivity index (χ3n) is 3.76. The Morgan fingerprint density at radius 3 is 2.42 bits per heavy atom. The summed E-state index contributed by atoms with van der Waals surface area (Å²) >= 11 is 12.0. The molecule has 24 heavy (non-hydrogen) atoms. The van der Waals surface area contributed by atoms with Gasteiger partial charge in [0.15, 0.2) is 13.1 Å². The van der Waals surface area contributed by atoms with Crippen LogP contribution in [0.1, 0.15) is 19.4 Å². The van der Waals surface area contributed by atoms with Crippen molar-refractivity contribution in [2.24, 2.45) is 0 Å². The molecule has 1 unspecified atom stereocenters. The maximum atomic E-state index is 12.0. The van der Waals surface area contributed by atoms with E-state index in [1.54, 1.807) is 17.0 Å². The first-order chi connectivity index (χ1) is 11.4. The predicted molar refractivity (Wildman–Crippen MR) is 97.7 cm³/mol. The Bertz CT molecular complexity index is 563. The number of carbonyl (C=O) groups excluding carboxylic acids is 2. The van der Waals surface area contributed by atoms with E-state index in [9.17, 15) is 9.59 Å². The molecule has 7 heteroatoms. The zero-order valence-electron chi connectivity index (χ0n) is 14.5. The van der Waals surface area contributed by atoms with Gasteiger partial charge < -0.3 is 15.1 Å². The van der Waals surface area contributed by atoms with Crippen molar-refractivity contribution >= 4 is 35.0 Å². The van der Waals surface area contributed by atoms with Crippen LogP contribution in [0.3, 0.4) is 0 Å². The van der Waals surface area contributed by atoms with Crippen LogP contribution in [0.15, 0.2) is 18.2 Å². The molecular weight excluding hydrogens is 349 g/mol. The molecule has 1 aromatic carbocycles. The van der Waals surface area contributed by atoms with Gasteiger partial charge in [0.2, 0.25) is 0 Å². The van der Waals surface area contributed by atoms with Gasteiger partial charge in [0.05, 0.1) is 7.05 Å². The number of nitrogens with one attached hydrogen (secondary N) is 2. The first kappa shape index (κ1) is 20.7. The Morgan fingerprint density at radius 1 is 1.17 bits per heavy atom. The fourth-order valence-corrected chi connectivity index (χ4v) is 2.91. The minimum absolute atomic E-state index is 0.0678. The van der Waals surface area contributed by atoms with Crippen LogP contribution in [-0.4, -0.2) is 56.5 Å². The summed E-state index contributed by atoms with van der Waals surface area (Å²) in [5.74, 6) is -0.0109. The minimum Gasteiger partial charge on any atom is -0.351 e. The lowest BCUT2D eigenvalue weighted by atomic mass is 10.1. The van der Waals surface area contributed by atoms with Crippen molar-refractivity contribution in [2.75, 3.05) is 39.8 Å². The summed E-state index contributed by atoms with van der Waals surface area (Å²) in [7, 11) is 1.84. The fraction of sp³-hybridized carbons (Fsp3) is 0.529. The lowest BCUT2D eigenvalue weighted by Gasteiger charge is -2.20. The van der Waals surface area contributed by atoms with Crippen LogP contribution in [0.5, 0.6) is 0 Å². The minimum atomic E-state index is -0.0788. The summed E-state index contributed by atoms with van der Waals surface area (Å²) < 4.78 is 0. The second-order valence-corrected chi connectivity index (χ2v) is 6.56. The van der Waals surface area contributed by atoms with Crippen molar-refractivity contribution < 1.29 is 14.5 Å². The van der Waals surface area contributed by atoms with Gasteiger partial charge in [-0.05, 0) is 38.0 Å². The van der Waals surface area contributed by atoms with Gasteiger partial charge in [-0.2, -0.15) is 0 Å². The highest BCUT2D eigenvalue weighted by Crippen LogP contribution is 2.20. The lowest BCUT2D eigenvalue weighted by molar-refractivity contribution is -0.863. The summed E-state index contributed by atoms with van der Waals surface area (Å²) in [6.45, 7) is 6.36. The highest BCUT2D eigenvalue weighted by Gasteiger charge is 2.17. The number of likely N-dealkylation sites (N-methyl/N-ethyl adjacent to an activating group) is 2. The molecule has 0 fully saturated rings. The molecule has 0 radical (unpaired) electrons. The predicted octanol–water partition coefficient (Wildman–Crippen LogP) is 1.04.